The first-order valence-electron chi connectivity index (χ1n) is 8.74. The van der Waals surface area contributed by atoms with E-state index in [1.54, 1.807) is 0 Å². The maximum atomic E-state index is 12.6. The van der Waals surface area contributed by atoms with Gasteiger partial charge in [-0.3, -0.25) is 9.59 Å². The molecule has 0 aromatic carbocycles. The van der Waals surface area contributed by atoms with Crippen LogP contribution in [-0.2, 0) is 19.1 Å². The molecule has 1 aliphatic heterocycles. The summed E-state index contributed by atoms with van der Waals surface area (Å²) in [4.78, 5) is 25.0. The average Bonchev–Trinajstić information content (AvgIpc) is 3.02. The molecule has 126 valence electrons. The van der Waals surface area contributed by atoms with Gasteiger partial charge in [0.15, 0.2) is 5.41 Å². The SMILES string of the molecule is CC.CCCC1C2CC3C1OC(=O)C3(C(=O)OC(C)(C)C)C2. The molecule has 0 spiro atoms. The normalized spacial score (nSPS) is 38.4. The fraction of sp³-hybridized carbons (Fsp3) is 0.889. The molecule has 1 saturated heterocycles. The summed E-state index contributed by atoms with van der Waals surface area (Å²) in [6.45, 7) is 11.7. The number of rotatable bonds is 3. The molecule has 5 atom stereocenters. The highest BCUT2D eigenvalue weighted by Crippen LogP contribution is 2.65. The van der Waals surface area contributed by atoms with E-state index < -0.39 is 11.0 Å². The number of carbonyl (C=O) groups excluding carboxylic acids is 2. The average molecular weight is 310 g/mol. The highest BCUT2D eigenvalue weighted by molar-refractivity contribution is 6.03. The van der Waals surface area contributed by atoms with E-state index >= 15 is 0 Å². The summed E-state index contributed by atoms with van der Waals surface area (Å²) in [6.07, 6.45) is 3.71. The molecule has 5 unspecified atom stereocenters. The second-order valence-electron chi connectivity index (χ2n) is 7.60. The fourth-order valence-corrected chi connectivity index (χ4v) is 4.54. The topological polar surface area (TPSA) is 52.6 Å². The number of fused-ring (bicyclic) bond motifs is 1. The summed E-state index contributed by atoms with van der Waals surface area (Å²) in [6, 6.07) is 0. The van der Waals surface area contributed by atoms with E-state index in [-0.39, 0.29) is 24.0 Å². The van der Waals surface area contributed by atoms with Crippen molar-refractivity contribution in [3.8, 4) is 0 Å². The monoisotopic (exact) mass is 310 g/mol. The molecule has 2 aliphatic carbocycles. The summed E-state index contributed by atoms with van der Waals surface area (Å²) in [5.41, 5.74) is -1.55. The van der Waals surface area contributed by atoms with Crippen LogP contribution in [0.25, 0.3) is 0 Å². The van der Waals surface area contributed by atoms with Crippen LogP contribution < -0.4 is 0 Å². The second-order valence-corrected chi connectivity index (χ2v) is 7.60. The van der Waals surface area contributed by atoms with Crippen LogP contribution in [0.15, 0.2) is 0 Å². The van der Waals surface area contributed by atoms with E-state index in [4.69, 9.17) is 9.47 Å². The molecular formula is C18H30O4. The first kappa shape index (κ1) is 17.3. The van der Waals surface area contributed by atoms with Crippen molar-refractivity contribution in [2.75, 3.05) is 0 Å². The first-order chi connectivity index (χ1) is 10.3. The minimum absolute atomic E-state index is 0.0475. The number of hydrogen-bond acceptors (Lipinski definition) is 4. The van der Waals surface area contributed by atoms with Crippen LogP contribution in [0, 0.1) is 23.2 Å². The van der Waals surface area contributed by atoms with E-state index in [1.165, 1.54) is 0 Å². The van der Waals surface area contributed by atoms with E-state index in [1.807, 2.05) is 34.6 Å². The van der Waals surface area contributed by atoms with Crippen molar-refractivity contribution < 1.29 is 19.1 Å². The molecule has 3 rings (SSSR count). The van der Waals surface area contributed by atoms with E-state index in [2.05, 4.69) is 6.92 Å². The van der Waals surface area contributed by atoms with Crippen LogP contribution >= 0.6 is 0 Å². The standard InChI is InChI=1S/C16H24O4.C2H6/c1-5-6-10-9-7-11-12(10)19-13(17)16(11,8-9)14(18)20-15(2,3)4;1-2/h9-12H,5-8H2,1-4H3;1-2H3. The van der Waals surface area contributed by atoms with Crippen LogP contribution in [-0.4, -0.2) is 23.6 Å². The Hall–Kier alpha value is -1.06. The van der Waals surface area contributed by atoms with Crippen molar-refractivity contribution in [2.45, 2.75) is 78.9 Å². The molecule has 2 bridgehead atoms. The van der Waals surface area contributed by atoms with Crippen molar-refractivity contribution in [1.29, 1.82) is 0 Å². The molecule has 0 aromatic heterocycles. The van der Waals surface area contributed by atoms with Crippen LogP contribution in [0.3, 0.4) is 0 Å². The third-order valence-corrected chi connectivity index (χ3v) is 5.19. The molecule has 3 fully saturated rings. The van der Waals surface area contributed by atoms with E-state index in [0.29, 0.717) is 18.3 Å². The number of esters is 2. The van der Waals surface area contributed by atoms with E-state index in [9.17, 15) is 9.59 Å². The van der Waals surface area contributed by atoms with Gasteiger partial charge >= 0.3 is 11.9 Å². The summed E-state index contributed by atoms with van der Waals surface area (Å²) >= 11 is 0. The fourth-order valence-electron chi connectivity index (χ4n) is 4.54. The van der Waals surface area contributed by atoms with Gasteiger partial charge < -0.3 is 9.47 Å². The van der Waals surface area contributed by atoms with Crippen molar-refractivity contribution >= 4 is 11.9 Å². The quantitative estimate of drug-likeness (QED) is 0.589. The van der Waals surface area contributed by atoms with E-state index in [0.717, 1.165) is 19.3 Å². The van der Waals surface area contributed by atoms with Gasteiger partial charge in [0, 0.05) is 5.92 Å². The number of ether oxygens (including phenoxy) is 2. The predicted octanol–water partition coefficient (Wildman–Crippen LogP) is 3.72. The zero-order valence-corrected chi connectivity index (χ0v) is 14.8. The third-order valence-electron chi connectivity index (χ3n) is 5.19. The molecule has 2 saturated carbocycles. The van der Waals surface area contributed by atoms with Gasteiger partial charge in [0.2, 0.25) is 0 Å². The van der Waals surface area contributed by atoms with Gasteiger partial charge in [-0.2, -0.15) is 0 Å². The van der Waals surface area contributed by atoms with Gasteiger partial charge in [0.25, 0.3) is 0 Å². The molecule has 0 radical (unpaired) electrons. The molecule has 3 aliphatic rings. The Morgan fingerprint density at radius 2 is 2.00 bits per heavy atom. The van der Waals surface area contributed by atoms with Crippen LogP contribution in [0.2, 0.25) is 0 Å². The Morgan fingerprint density at radius 3 is 2.55 bits per heavy atom. The lowest BCUT2D eigenvalue weighted by molar-refractivity contribution is -0.174. The highest BCUT2D eigenvalue weighted by Gasteiger charge is 2.74. The van der Waals surface area contributed by atoms with Gasteiger partial charge in [-0.15, -0.1) is 0 Å². The van der Waals surface area contributed by atoms with Gasteiger partial charge in [0.1, 0.15) is 11.7 Å². The molecule has 22 heavy (non-hydrogen) atoms. The maximum absolute atomic E-state index is 12.6. The Bertz CT molecular complexity index is 450. The third kappa shape index (κ3) is 2.44. The Labute approximate surface area is 133 Å². The molecule has 4 heteroatoms. The van der Waals surface area contributed by atoms with Crippen LogP contribution in [0.1, 0.15) is 67.2 Å². The largest absolute Gasteiger partial charge is 0.461 e. The zero-order valence-electron chi connectivity index (χ0n) is 14.8. The van der Waals surface area contributed by atoms with Gasteiger partial charge in [-0.25, -0.2) is 0 Å². The Kier molecular flexibility index (Phi) is 4.61. The van der Waals surface area contributed by atoms with Crippen molar-refractivity contribution in [1.82, 2.24) is 0 Å². The Morgan fingerprint density at radius 1 is 1.36 bits per heavy atom. The van der Waals surface area contributed by atoms with Gasteiger partial charge in [-0.1, -0.05) is 27.2 Å². The smallest absolute Gasteiger partial charge is 0.324 e. The lowest BCUT2D eigenvalue weighted by Gasteiger charge is -2.32. The molecule has 0 aromatic rings. The highest BCUT2D eigenvalue weighted by atomic mass is 16.6. The second kappa shape index (κ2) is 5.86. The molecule has 0 amide bonds. The summed E-state index contributed by atoms with van der Waals surface area (Å²) in [7, 11) is 0. The lowest BCUT2D eigenvalue weighted by Crippen LogP contribution is -2.45. The maximum Gasteiger partial charge on any atom is 0.324 e. The zero-order chi connectivity index (χ0) is 16.7. The molecule has 1 heterocycles. The van der Waals surface area contributed by atoms with Crippen molar-refractivity contribution in [2.24, 2.45) is 23.2 Å². The number of carbonyl (C=O) groups is 2. The van der Waals surface area contributed by atoms with Gasteiger partial charge in [0.05, 0.1) is 0 Å². The summed E-state index contributed by atoms with van der Waals surface area (Å²) in [5, 5.41) is 0. The predicted molar refractivity (Wildman–Crippen MR) is 84.1 cm³/mol. The van der Waals surface area contributed by atoms with Gasteiger partial charge in [-0.05, 0) is 51.9 Å². The first-order valence-corrected chi connectivity index (χ1v) is 8.74. The summed E-state index contributed by atoms with van der Waals surface area (Å²) < 4.78 is 11.1. The lowest BCUT2D eigenvalue weighted by atomic mass is 9.70. The summed E-state index contributed by atoms with van der Waals surface area (Å²) in [5.74, 6) is 0.255. The molecule has 0 N–H and O–H groups in total. The van der Waals surface area contributed by atoms with Crippen molar-refractivity contribution in [3.05, 3.63) is 0 Å². The minimum Gasteiger partial charge on any atom is -0.461 e. The van der Waals surface area contributed by atoms with Crippen LogP contribution in [0.4, 0.5) is 0 Å². The van der Waals surface area contributed by atoms with Crippen molar-refractivity contribution in [3.63, 3.8) is 0 Å². The minimum atomic E-state index is -0.993. The molecule has 4 nitrogen and oxygen atoms in total. The number of hydrogen-bond donors (Lipinski definition) is 0. The molecular weight excluding hydrogens is 280 g/mol. The Balaban J connectivity index is 0.000000847. The van der Waals surface area contributed by atoms with Crippen LogP contribution in [0.5, 0.6) is 0 Å².